The predicted octanol–water partition coefficient (Wildman–Crippen LogP) is -2.01. The number of H-pyrrole nitrogens is 1. The van der Waals surface area contributed by atoms with Gasteiger partial charge in [-0.05, 0) is 0 Å². The quantitative estimate of drug-likeness (QED) is 0.396. The van der Waals surface area contributed by atoms with E-state index in [1.165, 1.54) is 10.8 Å². The number of aromatic amines is 1. The summed E-state index contributed by atoms with van der Waals surface area (Å²) in [6.45, 7) is -0.320. The Bertz CT molecular complexity index is 586. The molecule has 1 aliphatic rings. The molecule has 3 N–H and O–H groups in total. The number of aromatic nitrogens is 2. The van der Waals surface area contributed by atoms with Crippen LogP contribution in [0.3, 0.4) is 0 Å². The van der Waals surface area contributed by atoms with E-state index >= 15 is 0 Å². The van der Waals surface area contributed by atoms with E-state index in [0.717, 1.165) is 0 Å². The maximum absolute atomic E-state index is 11.9. The number of hydrogen-bond donors (Lipinski definition) is 3. The Balaban J connectivity index is 2.22. The van der Waals surface area contributed by atoms with Crippen LogP contribution in [0, 0.1) is 0 Å². The molecule has 118 valence electrons. The molecule has 0 unspecified atom stereocenters. The SMILES string of the molecule is COC[Se]Cc1cn([C@H]2C[C@H](O)[C@@H](CO)O2)c(=O)[nH]c1=O. The van der Waals surface area contributed by atoms with Crippen molar-refractivity contribution in [2.75, 3.05) is 19.2 Å². The molecule has 0 aromatic carbocycles. The second-order valence-corrected chi connectivity index (χ2v) is 6.65. The fourth-order valence-electron chi connectivity index (χ4n) is 2.13. The maximum atomic E-state index is 11.9. The summed E-state index contributed by atoms with van der Waals surface area (Å²) in [6, 6.07) is 0. The van der Waals surface area contributed by atoms with Crippen LogP contribution in [-0.4, -0.2) is 66.2 Å². The van der Waals surface area contributed by atoms with Crippen LogP contribution in [0.1, 0.15) is 18.2 Å². The molecule has 9 heteroatoms. The van der Waals surface area contributed by atoms with E-state index in [1.54, 1.807) is 7.11 Å². The van der Waals surface area contributed by atoms with Crippen molar-refractivity contribution in [1.82, 2.24) is 9.55 Å². The molecule has 1 aromatic heterocycles. The zero-order valence-electron chi connectivity index (χ0n) is 11.5. The average molecular weight is 365 g/mol. The Morgan fingerprint density at radius 1 is 1.57 bits per heavy atom. The van der Waals surface area contributed by atoms with E-state index < -0.39 is 29.7 Å². The third-order valence-corrected chi connectivity index (χ3v) is 5.12. The van der Waals surface area contributed by atoms with E-state index in [4.69, 9.17) is 14.6 Å². The van der Waals surface area contributed by atoms with Crippen molar-refractivity contribution < 1.29 is 19.7 Å². The minimum absolute atomic E-state index is 0.105. The molecule has 0 spiro atoms. The summed E-state index contributed by atoms with van der Waals surface area (Å²) >= 11 is 0.105. The molecule has 2 heterocycles. The van der Waals surface area contributed by atoms with Gasteiger partial charge in [0.05, 0.1) is 0 Å². The van der Waals surface area contributed by atoms with Crippen LogP contribution in [0.25, 0.3) is 0 Å². The molecule has 0 amide bonds. The molecule has 1 saturated heterocycles. The summed E-state index contributed by atoms with van der Waals surface area (Å²) in [5.74, 6) is 0. The second kappa shape index (κ2) is 7.35. The molecule has 1 aliphatic heterocycles. The van der Waals surface area contributed by atoms with Gasteiger partial charge in [-0.1, -0.05) is 0 Å². The van der Waals surface area contributed by atoms with Crippen molar-refractivity contribution in [2.45, 2.75) is 30.2 Å². The topological polar surface area (TPSA) is 114 Å². The Kier molecular flexibility index (Phi) is 5.74. The van der Waals surface area contributed by atoms with E-state index in [9.17, 15) is 14.7 Å². The Labute approximate surface area is 126 Å². The van der Waals surface area contributed by atoms with Crippen molar-refractivity contribution in [1.29, 1.82) is 0 Å². The van der Waals surface area contributed by atoms with Gasteiger partial charge in [-0.25, -0.2) is 0 Å². The summed E-state index contributed by atoms with van der Waals surface area (Å²) in [6.07, 6.45) is -0.569. The van der Waals surface area contributed by atoms with Gasteiger partial charge in [0.15, 0.2) is 0 Å². The van der Waals surface area contributed by atoms with Crippen LogP contribution < -0.4 is 11.2 Å². The fraction of sp³-hybridized carbons (Fsp3) is 0.667. The van der Waals surface area contributed by atoms with Gasteiger partial charge in [-0.2, -0.15) is 0 Å². The van der Waals surface area contributed by atoms with Gasteiger partial charge in [0.2, 0.25) is 0 Å². The summed E-state index contributed by atoms with van der Waals surface area (Å²) in [4.78, 5) is 25.9. The van der Waals surface area contributed by atoms with E-state index in [0.29, 0.717) is 16.4 Å². The molecule has 0 aliphatic carbocycles. The van der Waals surface area contributed by atoms with Gasteiger partial charge < -0.3 is 0 Å². The number of nitrogens with zero attached hydrogens (tertiary/aromatic N) is 1. The van der Waals surface area contributed by atoms with Crippen LogP contribution in [-0.2, 0) is 14.8 Å². The zero-order valence-corrected chi connectivity index (χ0v) is 13.2. The number of aliphatic hydroxyl groups excluding tert-OH is 2. The first kappa shape index (κ1) is 16.4. The number of methoxy groups -OCH3 is 1. The van der Waals surface area contributed by atoms with Gasteiger partial charge in [-0.3, -0.25) is 0 Å². The van der Waals surface area contributed by atoms with Crippen molar-refractivity contribution in [3.63, 3.8) is 0 Å². The number of rotatable bonds is 6. The van der Waals surface area contributed by atoms with Crippen molar-refractivity contribution in [3.05, 3.63) is 32.6 Å². The van der Waals surface area contributed by atoms with Gasteiger partial charge in [-0.15, -0.1) is 0 Å². The third-order valence-electron chi connectivity index (χ3n) is 3.19. The molecule has 3 atom stereocenters. The molecule has 0 radical (unpaired) electrons. The first-order valence-corrected chi connectivity index (χ1v) is 8.84. The molecular weight excluding hydrogens is 347 g/mol. The molecular formula is C12H18N2O6Se. The predicted molar refractivity (Wildman–Crippen MR) is 74.3 cm³/mol. The number of aliphatic hydroxyl groups is 2. The fourth-order valence-corrected chi connectivity index (χ4v) is 3.55. The molecule has 1 fully saturated rings. The van der Waals surface area contributed by atoms with Crippen molar-refractivity contribution in [2.24, 2.45) is 0 Å². The summed E-state index contributed by atoms with van der Waals surface area (Å²) in [7, 11) is 1.59. The average Bonchev–Trinajstić information content (AvgIpc) is 2.82. The van der Waals surface area contributed by atoms with E-state index in [2.05, 4.69) is 4.98 Å². The van der Waals surface area contributed by atoms with Crippen LogP contribution in [0.5, 0.6) is 0 Å². The monoisotopic (exact) mass is 366 g/mol. The van der Waals surface area contributed by atoms with Crippen LogP contribution in [0.2, 0.25) is 0 Å². The van der Waals surface area contributed by atoms with Crippen LogP contribution in [0.4, 0.5) is 0 Å². The molecule has 8 nitrogen and oxygen atoms in total. The normalized spacial score (nSPS) is 25.4. The van der Waals surface area contributed by atoms with Crippen LogP contribution >= 0.6 is 0 Å². The van der Waals surface area contributed by atoms with Crippen LogP contribution in [0.15, 0.2) is 15.8 Å². The number of hydrogen-bond acceptors (Lipinski definition) is 6. The summed E-state index contributed by atoms with van der Waals surface area (Å²) in [5.41, 5.74) is 0.0685. The second-order valence-electron chi connectivity index (χ2n) is 4.69. The van der Waals surface area contributed by atoms with Gasteiger partial charge in [0.25, 0.3) is 0 Å². The minimum atomic E-state index is -0.833. The number of ether oxygens (including phenoxy) is 2. The van der Waals surface area contributed by atoms with Crippen molar-refractivity contribution >= 4 is 15.0 Å². The molecule has 1 aromatic rings. The Morgan fingerprint density at radius 3 is 2.95 bits per heavy atom. The van der Waals surface area contributed by atoms with E-state index in [1.807, 2.05) is 0 Å². The third kappa shape index (κ3) is 3.82. The first-order chi connectivity index (χ1) is 10.1. The standard InChI is InChI=1S/C12H18N2O6Se/c1-19-6-21-5-7-3-14(12(18)13-11(7)17)10-2-8(16)9(4-15)20-10/h3,8-10,15-16H,2,4-6H2,1H3,(H,13,17,18)/t8-,9+,10+/m0/s1. The molecule has 2 rings (SSSR count). The van der Waals surface area contributed by atoms with Gasteiger partial charge in [0, 0.05) is 0 Å². The summed E-state index contributed by atoms with van der Waals surface area (Å²) in [5, 5.41) is 19.3. The van der Waals surface area contributed by atoms with Crippen molar-refractivity contribution in [3.8, 4) is 0 Å². The van der Waals surface area contributed by atoms with E-state index in [-0.39, 0.29) is 28.0 Å². The Hall–Kier alpha value is -0.961. The molecule has 0 saturated carbocycles. The summed E-state index contributed by atoms with van der Waals surface area (Å²) < 4.78 is 11.7. The van der Waals surface area contributed by atoms with Gasteiger partial charge >= 0.3 is 126 Å². The molecule has 0 bridgehead atoms. The van der Waals surface area contributed by atoms with Gasteiger partial charge in [0.1, 0.15) is 0 Å². The molecule has 21 heavy (non-hydrogen) atoms. The number of nitrogens with one attached hydrogen (secondary N) is 1. The Morgan fingerprint density at radius 2 is 2.33 bits per heavy atom. The zero-order chi connectivity index (χ0) is 15.4. The first-order valence-electron chi connectivity index (χ1n) is 6.42.